The fraction of sp³-hybridized carbons (Fsp3) is 0.320. The van der Waals surface area contributed by atoms with Gasteiger partial charge >= 0.3 is 33.3 Å². The molecule has 0 N–H and O–H groups in total. The quantitative estimate of drug-likeness (QED) is 0.293. The number of aryl methyl sites for hydroxylation is 2. The average Bonchev–Trinajstić information content (AvgIpc) is 3.22. The second-order valence-corrected chi connectivity index (χ2v) is 9.57. The molecule has 3 rings (SSSR count). The van der Waals surface area contributed by atoms with Crippen molar-refractivity contribution in [3.05, 3.63) is 70.9 Å². The van der Waals surface area contributed by atoms with Gasteiger partial charge in [0.15, 0.2) is 0 Å². The predicted octanol–water partition coefficient (Wildman–Crippen LogP) is 8.42. The molecule has 166 valence electrons. The number of aliphatic imine (C=N–C) groups is 3. The number of nitrogens with zero attached hydrogens (tertiary/aromatic N) is 3. The standard InChI is InChI=1S/C25H29N3.2ClH.Fe/c1-16(2)21-12-7-8-13-24(21)26-19(5)22-14-15-23(28-22)20(6)27-25-17(3)10-9-11-18(25)4;;;/h7-13,15-16H,14H2,1-6H3;2*1H;/q;;;+2/p-2. The Morgan fingerprint density at radius 2 is 1.55 bits per heavy atom. The molecule has 1 aliphatic rings. The molecule has 0 amide bonds. The Kier molecular flexibility index (Phi) is 10.2. The first-order valence-electron chi connectivity index (χ1n) is 10.2. The minimum absolute atomic E-state index is 0.194. The molecule has 0 aromatic heterocycles. The predicted molar refractivity (Wildman–Crippen MR) is 134 cm³/mol. The molecule has 2 aromatic rings. The summed E-state index contributed by atoms with van der Waals surface area (Å²) in [7, 11) is 9.53. The zero-order valence-electron chi connectivity index (χ0n) is 18.9. The molecule has 0 bridgehead atoms. The molecule has 3 nitrogen and oxygen atoms in total. The van der Waals surface area contributed by atoms with Gasteiger partial charge in [0.2, 0.25) is 0 Å². The number of allylic oxidation sites excluding steroid dienone is 2. The summed E-state index contributed by atoms with van der Waals surface area (Å²) in [5.74, 6) is 0.443. The molecule has 0 atom stereocenters. The van der Waals surface area contributed by atoms with Gasteiger partial charge in [-0.05, 0) is 56.4 Å². The molecule has 0 radical (unpaired) electrons. The van der Waals surface area contributed by atoms with Gasteiger partial charge in [-0.3, -0.25) is 9.98 Å². The van der Waals surface area contributed by atoms with Gasteiger partial charge in [-0.25, -0.2) is 4.99 Å². The van der Waals surface area contributed by atoms with E-state index in [9.17, 15) is 0 Å². The Morgan fingerprint density at radius 3 is 2.16 bits per heavy atom. The van der Waals surface area contributed by atoms with E-state index >= 15 is 0 Å². The minimum atomic E-state index is 0.194. The molecule has 2 aromatic carbocycles. The molecule has 0 fully saturated rings. The molecule has 0 saturated heterocycles. The Morgan fingerprint density at radius 1 is 0.935 bits per heavy atom. The normalized spacial score (nSPS) is 14.4. The van der Waals surface area contributed by atoms with Crippen LogP contribution in [0.2, 0.25) is 0 Å². The van der Waals surface area contributed by atoms with Crippen molar-refractivity contribution in [2.24, 2.45) is 15.0 Å². The molecule has 0 unspecified atom stereocenters. The first-order valence-corrected chi connectivity index (χ1v) is 13.2. The maximum absolute atomic E-state index is 4.88. The van der Waals surface area contributed by atoms with E-state index in [0.29, 0.717) is 5.92 Å². The summed E-state index contributed by atoms with van der Waals surface area (Å²) in [6.45, 7) is 12.7. The Bertz CT molecular complexity index is 1020. The van der Waals surface area contributed by atoms with Crippen LogP contribution in [-0.4, -0.2) is 17.1 Å². The molecular weight excluding hydrogens is 469 g/mol. The Labute approximate surface area is 201 Å². The van der Waals surface area contributed by atoms with Crippen molar-refractivity contribution in [1.82, 2.24) is 0 Å². The van der Waals surface area contributed by atoms with Gasteiger partial charge in [0.25, 0.3) is 0 Å². The van der Waals surface area contributed by atoms with Gasteiger partial charge in [-0.1, -0.05) is 56.3 Å². The Balaban J connectivity index is 0.00000107. The van der Waals surface area contributed by atoms with Crippen molar-refractivity contribution in [3.63, 3.8) is 0 Å². The van der Waals surface area contributed by atoms with Crippen molar-refractivity contribution in [2.75, 3.05) is 0 Å². The van der Waals surface area contributed by atoms with E-state index in [4.69, 9.17) is 35.2 Å². The van der Waals surface area contributed by atoms with Crippen molar-refractivity contribution in [3.8, 4) is 0 Å². The van der Waals surface area contributed by atoms with Gasteiger partial charge in [0.1, 0.15) is 0 Å². The van der Waals surface area contributed by atoms with Crippen LogP contribution in [0.1, 0.15) is 56.7 Å². The zero-order valence-corrected chi connectivity index (χ0v) is 21.5. The van der Waals surface area contributed by atoms with E-state index in [-0.39, 0.29) is 13.1 Å². The number of para-hydroxylation sites is 2. The van der Waals surface area contributed by atoms with Gasteiger partial charge in [-0.15, -0.1) is 0 Å². The van der Waals surface area contributed by atoms with Gasteiger partial charge in [0, 0.05) is 6.42 Å². The fourth-order valence-corrected chi connectivity index (χ4v) is 3.42. The average molecular weight is 498 g/mol. The number of hydrogen-bond donors (Lipinski definition) is 0. The summed E-state index contributed by atoms with van der Waals surface area (Å²) in [4.78, 5) is 14.6. The van der Waals surface area contributed by atoms with E-state index < -0.39 is 0 Å². The summed E-state index contributed by atoms with van der Waals surface area (Å²) in [6.07, 6.45) is 2.95. The molecule has 31 heavy (non-hydrogen) atoms. The summed E-state index contributed by atoms with van der Waals surface area (Å²) >= 11 is 0.194. The van der Waals surface area contributed by atoms with E-state index in [0.717, 1.165) is 40.6 Å². The topological polar surface area (TPSA) is 37.1 Å². The van der Waals surface area contributed by atoms with Crippen molar-refractivity contribution in [1.29, 1.82) is 0 Å². The maximum atomic E-state index is 4.88. The number of halogens is 2. The third kappa shape index (κ3) is 7.15. The third-order valence-electron chi connectivity index (χ3n) is 5.10. The SMILES string of the molecule is CC(=Nc1c(C)cccc1C)C1=CCC(C(C)=Nc2ccccc2C(C)C)=N1.[Cl][Fe][Cl]. The van der Waals surface area contributed by atoms with Crippen LogP contribution in [0.15, 0.2) is 69.2 Å². The summed E-state index contributed by atoms with van der Waals surface area (Å²) in [6, 6.07) is 14.6. The van der Waals surface area contributed by atoms with Gasteiger partial charge < -0.3 is 0 Å². The first kappa shape index (κ1) is 25.5. The van der Waals surface area contributed by atoms with Crippen LogP contribution in [-0.2, 0) is 13.1 Å². The van der Waals surface area contributed by atoms with Crippen LogP contribution >= 0.6 is 20.2 Å². The molecular formula is C25H29Cl2FeN3. The van der Waals surface area contributed by atoms with Gasteiger partial charge in [0.05, 0.1) is 34.2 Å². The second kappa shape index (κ2) is 12.4. The third-order valence-corrected chi connectivity index (χ3v) is 5.10. The molecule has 1 heterocycles. The summed E-state index contributed by atoms with van der Waals surface area (Å²) < 4.78 is 0. The van der Waals surface area contributed by atoms with Crippen molar-refractivity contribution >= 4 is 48.7 Å². The van der Waals surface area contributed by atoms with Crippen LogP contribution in [0.25, 0.3) is 0 Å². The van der Waals surface area contributed by atoms with Crippen LogP contribution in [0, 0.1) is 13.8 Å². The molecule has 0 saturated carbocycles. The summed E-state index contributed by atoms with van der Waals surface area (Å²) in [5.41, 5.74) is 9.60. The number of rotatable bonds is 5. The van der Waals surface area contributed by atoms with Crippen LogP contribution < -0.4 is 0 Å². The van der Waals surface area contributed by atoms with E-state index in [1.165, 1.54) is 16.7 Å². The van der Waals surface area contributed by atoms with Crippen LogP contribution in [0.3, 0.4) is 0 Å². The fourth-order valence-electron chi connectivity index (χ4n) is 3.42. The van der Waals surface area contributed by atoms with E-state index in [2.05, 4.69) is 70.2 Å². The van der Waals surface area contributed by atoms with E-state index in [1.54, 1.807) is 0 Å². The summed E-state index contributed by atoms with van der Waals surface area (Å²) in [5, 5.41) is 0. The number of hydrogen-bond acceptors (Lipinski definition) is 3. The molecule has 6 heteroatoms. The molecule has 0 spiro atoms. The zero-order chi connectivity index (χ0) is 23.0. The van der Waals surface area contributed by atoms with Crippen molar-refractivity contribution in [2.45, 2.75) is 53.9 Å². The van der Waals surface area contributed by atoms with Crippen LogP contribution in [0.4, 0.5) is 11.4 Å². The first-order chi connectivity index (χ1) is 14.8. The van der Waals surface area contributed by atoms with Crippen LogP contribution in [0.5, 0.6) is 0 Å². The van der Waals surface area contributed by atoms with Crippen molar-refractivity contribution < 1.29 is 13.1 Å². The Hall–Kier alpha value is -1.71. The number of benzene rings is 2. The van der Waals surface area contributed by atoms with Gasteiger partial charge in [-0.2, -0.15) is 0 Å². The monoisotopic (exact) mass is 497 g/mol. The molecule has 0 aliphatic carbocycles. The van der Waals surface area contributed by atoms with E-state index in [1.807, 2.05) is 19.9 Å². The second-order valence-electron chi connectivity index (χ2n) is 7.75. The molecule has 1 aliphatic heterocycles.